The molecule has 0 unspecified atom stereocenters. The highest BCUT2D eigenvalue weighted by Gasteiger charge is 2.29. The maximum Gasteiger partial charge on any atom is 0.326 e. The molecule has 3 rings (SSSR count). The van der Waals surface area contributed by atoms with E-state index in [0.717, 1.165) is 10.4 Å². The van der Waals surface area contributed by atoms with Gasteiger partial charge in [-0.25, -0.2) is 9.78 Å². The van der Waals surface area contributed by atoms with Crippen molar-refractivity contribution in [2.45, 2.75) is 47.1 Å². The minimum absolute atomic E-state index is 0.00137. The molecule has 4 amide bonds. The summed E-state index contributed by atoms with van der Waals surface area (Å²) in [5, 5.41) is 6.26. The Hall–Kier alpha value is -3.40. The van der Waals surface area contributed by atoms with Crippen LogP contribution in [0.5, 0.6) is 0 Å². The predicted molar refractivity (Wildman–Crippen MR) is 133 cm³/mol. The van der Waals surface area contributed by atoms with Crippen molar-refractivity contribution in [2.75, 3.05) is 22.6 Å². The Kier molecular flexibility index (Phi) is 7.06. The fourth-order valence-electron chi connectivity index (χ4n) is 3.34. The molecule has 0 saturated carbocycles. The third-order valence-corrected chi connectivity index (χ3v) is 6.59. The lowest BCUT2D eigenvalue weighted by atomic mass is 9.88. The van der Waals surface area contributed by atoms with Crippen LogP contribution in [0.15, 0.2) is 30.3 Å². The Morgan fingerprint density at radius 2 is 1.91 bits per heavy atom. The first-order valence-electron chi connectivity index (χ1n) is 10.7. The molecule has 176 valence electrons. The summed E-state index contributed by atoms with van der Waals surface area (Å²) in [4.78, 5) is 44.1. The van der Waals surface area contributed by atoms with Gasteiger partial charge in [0.1, 0.15) is 0 Å². The van der Waals surface area contributed by atoms with Crippen LogP contribution in [0.4, 0.5) is 21.4 Å². The molecule has 0 bridgehead atoms. The molecule has 0 atom stereocenters. The zero-order chi connectivity index (χ0) is 24.3. The van der Waals surface area contributed by atoms with Crippen LogP contribution in [-0.2, 0) is 16.1 Å². The average Bonchev–Trinajstić information content (AvgIpc) is 3.32. The summed E-state index contributed by atoms with van der Waals surface area (Å²) in [6, 6.07) is 8.75. The van der Waals surface area contributed by atoms with E-state index < -0.39 is 17.4 Å². The van der Waals surface area contributed by atoms with Crippen LogP contribution in [0.3, 0.4) is 0 Å². The first kappa shape index (κ1) is 24.2. The van der Waals surface area contributed by atoms with Crippen LogP contribution in [0, 0.1) is 12.3 Å². The molecule has 0 aliphatic heterocycles. The summed E-state index contributed by atoms with van der Waals surface area (Å²) in [5.74, 6) is -0.163. The van der Waals surface area contributed by atoms with E-state index in [-0.39, 0.29) is 24.8 Å². The van der Waals surface area contributed by atoms with Gasteiger partial charge in [0.25, 0.3) is 0 Å². The maximum atomic E-state index is 12.9. The zero-order valence-corrected chi connectivity index (χ0v) is 20.4. The number of fused-ring (bicyclic) bond motifs is 1. The lowest BCUT2D eigenvalue weighted by molar-refractivity contribution is -0.126. The lowest BCUT2D eigenvalue weighted by Gasteiger charge is -2.28. The van der Waals surface area contributed by atoms with E-state index in [9.17, 15) is 14.4 Å². The van der Waals surface area contributed by atoms with Crippen LogP contribution in [0.25, 0.3) is 11.0 Å². The lowest BCUT2D eigenvalue weighted by Crippen LogP contribution is -2.38. The second-order valence-electron chi connectivity index (χ2n) is 8.57. The van der Waals surface area contributed by atoms with Gasteiger partial charge in [-0.1, -0.05) is 20.8 Å². The fraction of sp³-hybridized carbons (Fsp3) is 0.391. The Bertz CT molecular complexity index is 1200. The highest BCUT2D eigenvalue weighted by atomic mass is 32.1. The Balaban J connectivity index is 1.92. The van der Waals surface area contributed by atoms with Gasteiger partial charge in [0, 0.05) is 36.0 Å². The summed E-state index contributed by atoms with van der Waals surface area (Å²) in [5.41, 5.74) is 6.86. The Morgan fingerprint density at radius 1 is 1.18 bits per heavy atom. The number of carbonyl (C=O) groups excluding carboxylic acids is 3. The molecule has 3 aromatic rings. The predicted octanol–water partition coefficient (Wildman–Crippen LogP) is 4.32. The number of imidazole rings is 1. The molecule has 2 aromatic heterocycles. The van der Waals surface area contributed by atoms with Gasteiger partial charge >= 0.3 is 6.03 Å². The van der Waals surface area contributed by atoms with Crippen LogP contribution >= 0.6 is 11.3 Å². The second-order valence-corrected chi connectivity index (χ2v) is 9.86. The number of rotatable bonds is 8. The van der Waals surface area contributed by atoms with Crippen molar-refractivity contribution in [3.8, 4) is 0 Å². The molecule has 10 heteroatoms. The summed E-state index contributed by atoms with van der Waals surface area (Å²) in [6.07, 6.45) is 0.809. The Morgan fingerprint density at radius 3 is 2.52 bits per heavy atom. The number of hydrogen-bond acceptors (Lipinski definition) is 5. The summed E-state index contributed by atoms with van der Waals surface area (Å²) >= 11 is 1.46. The number of carbonyl (C=O) groups is 3. The third-order valence-electron chi connectivity index (χ3n) is 5.67. The topological polar surface area (TPSA) is 122 Å². The van der Waals surface area contributed by atoms with Gasteiger partial charge in [0.15, 0.2) is 0 Å². The van der Waals surface area contributed by atoms with Crippen molar-refractivity contribution in [1.29, 1.82) is 0 Å². The standard InChI is InChI=1S/C23H30N6O3S/c1-6-23(3,4)20(31)28(5)15-8-9-17-16(13-15)25-21(29(17)12-11-18(24)30)27-22(32)26-19-10-7-14(2)33-19/h7-10,13H,6,11-12H2,1-5H3,(H2,24,30)(H2,25,26,27,32). The first-order valence-corrected chi connectivity index (χ1v) is 11.5. The van der Waals surface area contributed by atoms with Gasteiger partial charge in [-0.3, -0.25) is 20.2 Å². The number of amides is 4. The summed E-state index contributed by atoms with van der Waals surface area (Å²) in [7, 11) is 1.74. The van der Waals surface area contributed by atoms with Crippen molar-refractivity contribution in [2.24, 2.45) is 11.1 Å². The van der Waals surface area contributed by atoms with Crippen molar-refractivity contribution in [3.05, 3.63) is 35.2 Å². The molecule has 0 aliphatic carbocycles. The van der Waals surface area contributed by atoms with Gasteiger partial charge < -0.3 is 15.2 Å². The number of primary amides is 1. The van der Waals surface area contributed by atoms with E-state index in [1.54, 1.807) is 22.6 Å². The molecule has 0 aliphatic rings. The first-order chi connectivity index (χ1) is 15.5. The van der Waals surface area contributed by atoms with Gasteiger partial charge in [-0.2, -0.15) is 0 Å². The minimum atomic E-state index is -0.491. The molecule has 2 heterocycles. The molecule has 9 nitrogen and oxygen atoms in total. The number of aryl methyl sites for hydroxylation is 2. The van der Waals surface area contributed by atoms with E-state index in [1.165, 1.54) is 11.3 Å². The van der Waals surface area contributed by atoms with Crippen molar-refractivity contribution < 1.29 is 14.4 Å². The van der Waals surface area contributed by atoms with Crippen LogP contribution in [0.1, 0.15) is 38.5 Å². The number of nitrogens with one attached hydrogen (secondary N) is 2. The van der Waals surface area contributed by atoms with Crippen LogP contribution in [-0.4, -0.2) is 34.4 Å². The maximum absolute atomic E-state index is 12.9. The average molecular weight is 471 g/mol. The van der Waals surface area contributed by atoms with E-state index >= 15 is 0 Å². The molecule has 4 N–H and O–H groups in total. The zero-order valence-electron chi connectivity index (χ0n) is 19.6. The molecule has 0 radical (unpaired) electrons. The minimum Gasteiger partial charge on any atom is -0.370 e. The van der Waals surface area contributed by atoms with E-state index in [1.807, 2.05) is 52.0 Å². The molecule has 1 aromatic carbocycles. The SMILES string of the molecule is CCC(C)(C)C(=O)N(C)c1ccc2c(c1)nc(NC(=O)Nc1ccc(C)s1)n2CCC(N)=O. The molecule has 0 saturated heterocycles. The smallest absolute Gasteiger partial charge is 0.326 e. The number of anilines is 3. The number of thiophene rings is 1. The van der Waals surface area contributed by atoms with Crippen molar-refractivity contribution in [1.82, 2.24) is 9.55 Å². The third kappa shape index (κ3) is 5.51. The van der Waals surface area contributed by atoms with Crippen molar-refractivity contribution in [3.63, 3.8) is 0 Å². The molecule has 0 spiro atoms. The summed E-state index contributed by atoms with van der Waals surface area (Å²) < 4.78 is 1.74. The number of hydrogen-bond donors (Lipinski definition) is 3. The number of nitrogens with two attached hydrogens (primary N) is 1. The van der Waals surface area contributed by atoms with E-state index in [0.29, 0.717) is 22.6 Å². The number of urea groups is 1. The number of nitrogens with zero attached hydrogens (tertiary/aromatic N) is 3. The van der Waals surface area contributed by atoms with E-state index in [4.69, 9.17) is 5.73 Å². The van der Waals surface area contributed by atoms with Crippen molar-refractivity contribution >= 4 is 56.9 Å². The fourth-order valence-corrected chi connectivity index (χ4v) is 4.10. The quantitative estimate of drug-likeness (QED) is 0.454. The van der Waals surface area contributed by atoms with Gasteiger partial charge in [0.2, 0.25) is 17.8 Å². The molecular weight excluding hydrogens is 440 g/mol. The molecular formula is C23H30N6O3S. The van der Waals surface area contributed by atoms with Crippen LogP contribution < -0.4 is 21.3 Å². The molecule has 33 heavy (non-hydrogen) atoms. The van der Waals surface area contributed by atoms with Gasteiger partial charge in [-0.15, -0.1) is 11.3 Å². The van der Waals surface area contributed by atoms with Gasteiger partial charge in [-0.05, 0) is 43.7 Å². The van der Waals surface area contributed by atoms with E-state index in [2.05, 4.69) is 15.6 Å². The normalized spacial score (nSPS) is 11.4. The highest BCUT2D eigenvalue weighted by Crippen LogP contribution is 2.29. The van der Waals surface area contributed by atoms with Gasteiger partial charge in [0.05, 0.1) is 16.0 Å². The number of aromatic nitrogens is 2. The largest absolute Gasteiger partial charge is 0.370 e. The molecule has 0 fully saturated rings. The second kappa shape index (κ2) is 9.62. The Labute approximate surface area is 197 Å². The van der Waals surface area contributed by atoms with Crippen LogP contribution in [0.2, 0.25) is 0 Å². The highest BCUT2D eigenvalue weighted by molar-refractivity contribution is 7.16. The monoisotopic (exact) mass is 470 g/mol. The summed E-state index contributed by atoms with van der Waals surface area (Å²) in [6.45, 7) is 8.03. The number of benzene rings is 1.